The van der Waals surface area contributed by atoms with Gasteiger partial charge in [-0.2, -0.15) is 0 Å². The summed E-state index contributed by atoms with van der Waals surface area (Å²) in [5, 5.41) is 0. The molecule has 2 aliphatic heterocycles. The Morgan fingerprint density at radius 3 is 2.41 bits per heavy atom. The molecule has 7 nitrogen and oxygen atoms in total. The van der Waals surface area contributed by atoms with Gasteiger partial charge in [0.2, 0.25) is 5.91 Å². The number of nitrogens with zero attached hydrogens (tertiary/aromatic N) is 1. The zero-order valence-electron chi connectivity index (χ0n) is 16.0. The van der Waals surface area contributed by atoms with E-state index < -0.39 is 35.9 Å². The van der Waals surface area contributed by atoms with Crippen LogP contribution < -0.4 is 0 Å². The average Bonchev–Trinajstić information content (AvgIpc) is 3.11. The van der Waals surface area contributed by atoms with E-state index in [1.54, 1.807) is 4.90 Å². The molecule has 2 heterocycles. The Kier molecular flexibility index (Phi) is 5.24. The minimum atomic E-state index is -1.05. The van der Waals surface area contributed by atoms with Gasteiger partial charge in [-0.25, -0.2) is 0 Å². The third-order valence-corrected chi connectivity index (χ3v) is 5.13. The molecule has 0 aromatic heterocycles. The molecule has 146 valence electrons. The van der Waals surface area contributed by atoms with Gasteiger partial charge in [-0.05, 0) is 5.92 Å². The highest BCUT2D eigenvalue weighted by molar-refractivity contribution is 5.83. The van der Waals surface area contributed by atoms with Crippen molar-refractivity contribution in [3.05, 3.63) is 35.9 Å². The fourth-order valence-corrected chi connectivity index (χ4v) is 4.22. The number of fused-ring (bicyclic) bond motifs is 1. The van der Waals surface area contributed by atoms with Gasteiger partial charge in [0.05, 0.1) is 13.0 Å². The standard InChI is InChI=1S/C20H25NO6/c1-12(2)18(27-14(4)23)20-11-25-19(15-8-6-5-7-9-15)21(20)17(24)10-16(20)26-13(3)22/h5-9,12,16,18-19H,10-11H2,1-4H3/t16?,18?,19-,20?/m0/s1. The second-order valence-electron chi connectivity index (χ2n) is 7.41. The fraction of sp³-hybridized carbons (Fsp3) is 0.550. The normalized spacial score (nSPS) is 28.2. The maximum Gasteiger partial charge on any atom is 0.303 e. The smallest absolute Gasteiger partial charge is 0.303 e. The summed E-state index contributed by atoms with van der Waals surface area (Å²) in [5.41, 5.74) is -0.232. The molecular formula is C20H25NO6. The monoisotopic (exact) mass is 375 g/mol. The van der Waals surface area contributed by atoms with Gasteiger partial charge in [-0.3, -0.25) is 19.3 Å². The molecule has 4 atom stereocenters. The quantitative estimate of drug-likeness (QED) is 0.734. The maximum absolute atomic E-state index is 13.0. The summed E-state index contributed by atoms with van der Waals surface area (Å²) in [5.74, 6) is -1.24. The zero-order valence-corrected chi connectivity index (χ0v) is 16.0. The van der Waals surface area contributed by atoms with Crippen LogP contribution >= 0.6 is 0 Å². The lowest BCUT2D eigenvalue weighted by molar-refractivity contribution is -0.171. The average molecular weight is 375 g/mol. The molecule has 3 rings (SSSR count). The predicted molar refractivity (Wildman–Crippen MR) is 95.3 cm³/mol. The lowest BCUT2D eigenvalue weighted by Crippen LogP contribution is -2.62. The van der Waals surface area contributed by atoms with Gasteiger partial charge in [-0.15, -0.1) is 0 Å². The van der Waals surface area contributed by atoms with E-state index in [4.69, 9.17) is 14.2 Å². The Balaban J connectivity index is 2.09. The van der Waals surface area contributed by atoms with Crippen LogP contribution in [0.4, 0.5) is 0 Å². The van der Waals surface area contributed by atoms with E-state index in [-0.39, 0.29) is 24.9 Å². The molecule has 0 aliphatic carbocycles. The van der Waals surface area contributed by atoms with E-state index in [2.05, 4.69) is 0 Å². The summed E-state index contributed by atoms with van der Waals surface area (Å²) >= 11 is 0. The molecule has 2 aliphatic rings. The van der Waals surface area contributed by atoms with Crippen molar-refractivity contribution in [1.82, 2.24) is 4.90 Å². The highest BCUT2D eigenvalue weighted by Gasteiger charge is 2.67. The van der Waals surface area contributed by atoms with Gasteiger partial charge >= 0.3 is 11.9 Å². The van der Waals surface area contributed by atoms with Gasteiger partial charge in [0.25, 0.3) is 0 Å². The molecule has 0 saturated carbocycles. The van der Waals surface area contributed by atoms with Crippen molar-refractivity contribution in [2.45, 2.75) is 58.1 Å². The van der Waals surface area contributed by atoms with Crippen LogP contribution in [0, 0.1) is 5.92 Å². The van der Waals surface area contributed by atoms with Crippen LogP contribution in [0.5, 0.6) is 0 Å². The Morgan fingerprint density at radius 1 is 1.19 bits per heavy atom. The van der Waals surface area contributed by atoms with E-state index in [1.165, 1.54) is 13.8 Å². The number of rotatable bonds is 5. The molecule has 0 radical (unpaired) electrons. The molecule has 3 unspecified atom stereocenters. The van der Waals surface area contributed by atoms with Gasteiger partial charge in [0.1, 0.15) is 17.7 Å². The van der Waals surface area contributed by atoms with E-state index in [1.807, 2.05) is 44.2 Å². The number of hydrogen-bond acceptors (Lipinski definition) is 6. The van der Waals surface area contributed by atoms with Crippen molar-refractivity contribution in [3.8, 4) is 0 Å². The van der Waals surface area contributed by atoms with Crippen LogP contribution in [0.1, 0.15) is 45.9 Å². The molecule has 1 amide bonds. The summed E-state index contributed by atoms with van der Waals surface area (Å²) in [4.78, 5) is 38.1. The molecule has 1 aromatic rings. The zero-order chi connectivity index (χ0) is 19.8. The first-order valence-corrected chi connectivity index (χ1v) is 9.10. The third kappa shape index (κ3) is 3.32. The topological polar surface area (TPSA) is 82.1 Å². The first-order valence-electron chi connectivity index (χ1n) is 9.10. The second kappa shape index (κ2) is 7.31. The van der Waals surface area contributed by atoms with Crippen LogP contribution in [-0.4, -0.2) is 47.1 Å². The number of esters is 2. The van der Waals surface area contributed by atoms with E-state index in [0.717, 1.165) is 5.56 Å². The van der Waals surface area contributed by atoms with Crippen molar-refractivity contribution >= 4 is 17.8 Å². The molecule has 27 heavy (non-hydrogen) atoms. The lowest BCUT2D eigenvalue weighted by Gasteiger charge is -2.42. The van der Waals surface area contributed by atoms with Crippen molar-refractivity contribution in [3.63, 3.8) is 0 Å². The van der Waals surface area contributed by atoms with Gasteiger partial charge < -0.3 is 14.2 Å². The Morgan fingerprint density at radius 2 is 1.85 bits per heavy atom. The first kappa shape index (κ1) is 19.4. The Labute approximate surface area is 158 Å². The van der Waals surface area contributed by atoms with Gasteiger partial charge in [0, 0.05) is 19.4 Å². The molecular weight excluding hydrogens is 350 g/mol. The van der Waals surface area contributed by atoms with Gasteiger partial charge in [-0.1, -0.05) is 44.2 Å². The van der Waals surface area contributed by atoms with E-state index >= 15 is 0 Å². The maximum atomic E-state index is 13.0. The number of amides is 1. The molecule has 1 aromatic carbocycles. The predicted octanol–water partition coefficient (Wildman–Crippen LogP) is 2.21. The largest absolute Gasteiger partial charge is 0.460 e. The molecule has 2 saturated heterocycles. The fourth-order valence-electron chi connectivity index (χ4n) is 4.22. The molecule has 0 spiro atoms. The van der Waals surface area contributed by atoms with E-state index in [9.17, 15) is 14.4 Å². The molecule has 0 N–H and O–H groups in total. The number of carbonyl (C=O) groups is 3. The molecule has 2 fully saturated rings. The minimum Gasteiger partial charge on any atom is -0.460 e. The third-order valence-electron chi connectivity index (χ3n) is 5.13. The molecule has 0 bridgehead atoms. The second-order valence-corrected chi connectivity index (χ2v) is 7.41. The summed E-state index contributed by atoms with van der Waals surface area (Å²) in [6.45, 7) is 6.57. The van der Waals surface area contributed by atoms with Crippen LogP contribution in [0.2, 0.25) is 0 Å². The van der Waals surface area contributed by atoms with Crippen LogP contribution in [0.3, 0.4) is 0 Å². The number of hydrogen-bond donors (Lipinski definition) is 0. The van der Waals surface area contributed by atoms with Crippen molar-refractivity contribution in [2.24, 2.45) is 5.92 Å². The summed E-state index contributed by atoms with van der Waals surface area (Å²) in [6, 6.07) is 9.38. The van der Waals surface area contributed by atoms with Crippen molar-refractivity contribution in [2.75, 3.05) is 6.61 Å². The number of ether oxygens (including phenoxy) is 3. The lowest BCUT2D eigenvalue weighted by atomic mass is 9.81. The van der Waals surface area contributed by atoms with Crippen LogP contribution in [0.25, 0.3) is 0 Å². The summed E-state index contributed by atoms with van der Waals surface area (Å²) in [7, 11) is 0. The first-order chi connectivity index (χ1) is 12.8. The SMILES string of the molecule is CC(=O)OC1CC(=O)N2[C@H](c3ccccc3)OCC12C(OC(C)=O)C(C)C. The number of benzene rings is 1. The van der Waals surface area contributed by atoms with Gasteiger partial charge in [0.15, 0.2) is 6.23 Å². The summed E-state index contributed by atoms with van der Waals surface area (Å²) < 4.78 is 17.2. The highest BCUT2D eigenvalue weighted by Crippen LogP contribution is 2.50. The highest BCUT2D eigenvalue weighted by atomic mass is 16.6. The minimum absolute atomic E-state index is 0.0385. The Hall–Kier alpha value is -2.41. The summed E-state index contributed by atoms with van der Waals surface area (Å²) in [6.07, 6.45) is -1.99. The number of carbonyl (C=O) groups excluding carboxylic acids is 3. The van der Waals surface area contributed by atoms with Crippen molar-refractivity contribution in [1.29, 1.82) is 0 Å². The van der Waals surface area contributed by atoms with Crippen molar-refractivity contribution < 1.29 is 28.6 Å². The molecule has 7 heteroatoms. The Bertz CT molecular complexity index is 733. The van der Waals surface area contributed by atoms with E-state index in [0.29, 0.717) is 0 Å². The van der Waals surface area contributed by atoms with Crippen LogP contribution in [0.15, 0.2) is 30.3 Å². The van der Waals surface area contributed by atoms with Crippen LogP contribution in [-0.2, 0) is 28.6 Å².